The second-order valence-corrected chi connectivity index (χ2v) is 9.57. The fourth-order valence-electron chi connectivity index (χ4n) is 3.67. The minimum atomic E-state index is -1.30. The fourth-order valence-corrected chi connectivity index (χ4v) is 3.67. The van der Waals surface area contributed by atoms with E-state index < -0.39 is 43.3 Å². The summed E-state index contributed by atoms with van der Waals surface area (Å²) in [6.45, 7) is 6.86. The Morgan fingerprint density at radius 3 is 1.58 bits per heavy atom. The number of nitrogens with one attached hydrogen (secondary N) is 1. The standard InChI is InChI=1S/C18H23NO6.C4H11NO3/c1-17(2)8-13(9-18(3,4)19-17)25-16(24)12-6-10(14(20)21)5-11(7-12)15(22)23;5-4(1-6,2-7)3-8/h5-7,13,19H,8-9H2,1-4H3,(H,20,21)(H,22,23);6-8H,1-3,5H2. The summed E-state index contributed by atoms with van der Waals surface area (Å²) in [5.41, 5.74) is 2.89. The Morgan fingerprint density at radius 2 is 1.27 bits per heavy atom. The molecule has 1 aromatic carbocycles. The number of aromatic carboxylic acids is 2. The second kappa shape index (κ2) is 11.0. The van der Waals surface area contributed by atoms with Gasteiger partial charge in [-0.2, -0.15) is 0 Å². The van der Waals surface area contributed by atoms with Crippen molar-refractivity contribution in [2.75, 3.05) is 19.8 Å². The third-order valence-corrected chi connectivity index (χ3v) is 5.03. The third-order valence-electron chi connectivity index (χ3n) is 5.03. The van der Waals surface area contributed by atoms with Crippen molar-refractivity contribution < 1.29 is 44.7 Å². The highest BCUT2D eigenvalue weighted by Gasteiger charge is 2.39. The van der Waals surface area contributed by atoms with Crippen molar-refractivity contribution >= 4 is 17.9 Å². The highest BCUT2D eigenvalue weighted by molar-refractivity contribution is 5.99. The number of esters is 1. The molecule has 0 bridgehead atoms. The Morgan fingerprint density at radius 1 is 0.909 bits per heavy atom. The molecular weight excluding hydrogens is 436 g/mol. The van der Waals surface area contributed by atoms with Crippen LogP contribution < -0.4 is 11.1 Å². The number of aliphatic hydroxyl groups excluding tert-OH is 3. The van der Waals surface area contributed by atoms with E-state index in [0.29, 0.717) is 12.8 Å². The van der Waals surface area contributed by atoms with Crippen LogP contribution in [-0.2, 0) is 4.74 Å². The maximum Gasteiger partial charge on any atom is 0.338 e. The molecule has 0 unspecified atom stereocenters. The summed E-state index contributed by atoms with van der Waals surface area (Å²) in [5, 5.41) is 46.7. The van der Waals surface area contributed by atoms with Crippen LogP contribution in [0.2, 0.25) is 0 Å². The summed E-state index contributed by atoms with van der Waals surface area (Å²) in [5.74, 6) is -3.33. The zero-order valence-electron chi connectivity index (χ0n) is 19.3. The topological polar surface area (TPSA) is 200 Å². The molecule has 1 aromatic rings. The number of carboxylic acids is 2. The molecule has 11 heteroatoms. The van der Waals surface area contributed by atoms with Gasteiger partial charge < -0.3 is 41.3 Å². The molecule has 0 aliphatic carbocycles. The number of rotatable bonds is 7. The van der Waals surface area contributed by atoms with Crippen molar-refractivity contribution in [2.45, 2.75) is 63.3 Å². The first kappa shape index (κ1) is 28.5. The van der Waals surface area contributed by atoms with Crippen LogP contribution in [0.1, 0.15) is 71.6 Å². The fraction of sp³-hybridized carbons (Fsp3) is 0.591. The summed E-state index contributed by atoms with van der Waals surface area (Å²) in [4.78, 5) is 34.8. The summed E-state index contributed by atoms with van der Waals surface area (Å²) >= 11 is 0. The van der Waals surface area contributed by atoms with E-state index in [2.05, 4.69) is 5.32 Å². The first-order valence-corrected chi connectivity index (χ1v) is 10.3. The van der Waals surface area contributed by atoms with Gasteiger partial charge in [0.05, 0.1) is 42.0 Å². The molecule has 0 spiro atoms. The van der Waals surface area contributed by atoms with E-state index in [1.807, 2.05) is 27.7 Å². The van der Waals surface area contributed by atoms with Gasteiger partial charge in [-0.25, -0.2) is 14.4 Å². The number of hydrogen-bond acceptors (Lipinski definition) is 9. The normalized spacial score (nSPS) is 17.5. The number of carbonyl (C=O) groups is 3. The minimum absolute atomic E-state index is 0.0774. The maximum absolute atomic E-state index is 12.5. The molecule has 11 nitrogen and oxygen atoms in total. The van der Waals surface area contributed by atoms with Crippen molar-refractivity contribution in [3.63, 3.8) is 0 Å². The molecule has 1 aliphatic heterocycles. The average molecular weight is 471 g/mol. The first-order chi connectivity index (χ1) is 15.1. The SMILES string of the molecule is CC1(C)CC(OC(=O)c2cc(C(=O)O)cc(C(=O)O)c2)CC(C)(C)N1.NC(CO)(CO)CO. The van der Waals surface area contributed by atoms with E-state index in [1.165, 1.54) is 0 Å². The van der Waals surface area contributed by atoms with Gasteiger partial charge in [-0.3, -0.25) is 0 Å². The monoisotopic (exact) mass is 470 g/mol. The molecule has 0 radical (unpaired) electrons. The van der Waals surface area contributed by atoms with Gasteiger partial charge in [-0.15, -0.1) is 0 Å². The molecule has 0 aromatic heterocycles. The summed E-state index contributed by atoms with van der Waals surface area (Å²) in [7, 11) is 0. The lowest BCUT2D eigenvalue weighted by molar-refractivity contribution is -0.00639. The zero-order valence-corrected chi connectivity index (χ0v) is 19.3. The highest BCUT2D eigenvalue weighted by atomic mass is 16.5. The Labute approximate surface area is 192 Å². The van der Waals surface area contributed by atoms with Gasteiger partial charge in [0, 0.05) is 23.9 Å². The summed E-state index contributed by atoms with van der Waals surface area (Å²) < 4.78 is 5.55. The quantitative estimate of drug-likeness (QED) is 0.269. The summed E-state index contributed by atoms with van der Waals surface area (Å²) in [6, 6.07) is 3.28. The second-order valence-electron chi connectivity index (χ2n) is 9.57. The van der Waals surface area contributed by atoms with Gasteiger partial charge in [0.2, 0.25) is 0 Å². The van der Waals surface area contributed by atoms with Crippen molar-refractivity contribution in [1.29, 1.82) is 0 Å². The zero-order chi connectivity index (χ0) is 25.6. The molecule has 0 atom stereocenters. The molecule has 8 N–H and O–H groups in total. The number of piperidine rings is 1. The molecule has 1 saturated heterocycles. The summed E-state index contributed by atoms with van der Waals surface area (Å²) in [6.07, 6.45) is 0.861. The van der Waals surface area contributed by atoms with E-state index >= 15 is 0 Å². The van der Waals surface area contributed by atoms with Crippen LogP contribution in [0.4, 0.5) is 0 Å². The number of carbonyl (C=O) groups excluding carboxylic acids is 1. The molecule has 1 aliphatic rings. The van der Waals surface area contributed by atoms with Gasteiger partial charge in [0.25, 0.3) is 0 Å². The van der Waals surface area contributed by atoms with Crippen molar-refractivity contribution in [1.82, 2.24) is 5.32 Å². The molecule has 1 fully saturated rings. The van der Waals surface area contributed by atoms with Crippen LogP contribution in [0.3, 0.4) is 0 Å². The minimum Gasteiger partial charge on any atom is -0.478 e. The Balaban J connectivity index is 0.000000582. The molecule has 0 saturated carbocycles. The Hall–Kier alpha value is -2.57. The van der Waals surface area contributed by atoms with Gasteiger partial charge in [-0.1, -0.05) is 0 Å². The van der Waals surface area contributed by atoms with Crippen LogP contribution in [0.5, 0.6) is 0 Å². The first-order valence-electron chi connectivity index (χ1n) is 10.3. The predicted molar refractivity (Wildman–Crippen MR) is 118 cm³/mol. The smallest absolute Gasteiger partial charge is 0.338 e. The molecule has 0 amide bonds. The lowest BCUT2D eigenvalue weighted by atomic mass is 9.81. The molecule has 33 heavy (non-hydrogen) atoms. The van der Waals surface area contributed by atoms with Crippen LogP contribution >= 0.6 is 0 Å². The highest BCUT2D eigenvalue weighted by Crippen LogP contribution is 2.31. The average Bonchev–Trinajstić information content (AvgIpc) is 2.70. The van der Waals surface area contributed by atoms with Gasteiger partial charge in [0.1, 0.15) is 6.10 Å². The number of aliphatic hydroxyl groups is 3. The number of benzene rings is 1. The predicted octanol–water partition coefficient (Wildman–Crippen LogP) is 0.210. The van der Waals surface area contributed by atoms with Gasteiger partial charge in [-0.05, 0) is 45.9 Å². The van der Waals surface area contributed by atoms with E-state index in [1.54, 1.807) is 0 Å². The number of hydrogen-bond donors (Lipinski definition) is 7. The molecular formula is C22H34N2O9. The van der Waals surface area contributed by atoms with Gasteiger partial charge >= 0.3 is 17.9 Å². The van der Waals surface area contributed by atoms with Crippen molar-refractivity contribution in [3.8, 4) is 0 Å². The lowest BCUT2D eigenvalue weighted by Crippen LogP contribution is -2.59. The maximum atomic E-state index is 12.5. The number of ether oxygens (including phenoxy) is 1. The van der Waals surface area contributed by atoms with Crippen LogP contribution in [0.15, 0.2) is 18.2 Å². The largest absolute Gasteiger partial charge is 0.478 e. The molecule has 2 rings (SSSR count). The Kier molecular flexibility index (Phi) is 9.52. The Bertz CT molecular complexity index is 807. The van der Waals surface area contributed by atoms with Crippen LogP contribution in [0, 0.1) is 0 Å². The van der Waals surface area contributed by atoms with E-state index in [0.717, 1.165) is 18.2 Å². The molecule has 186 valence electrons. The van der Waals surface area contributed by atoms with Crippen molar-refractivity contribution in [3.05, 3.63) is 34.9 Å². The number of carboxylic acid groups (broad SMARTS) is 2. The lowest BCUT2D eigenvalue weighted by Gasteiger charge is -2.45. The van der Waals surface area contributed by atoms with Crippen molar-refractivity contribution in [2.24, 2.45) is 5.73 Å². The van der Waals surface area contributed by atoms with E-state index in [-0.39, 0.29) is 33.9 Å². The van der Waals surface area contributed by atoms with Gasteiger partial charge in [0.15, 0.2) is 0 Å². The van der Waals surface area contributed by atoms with E-state index in [9.17, 15) is 14.4 Å². The van der Waals surface area contributed by atoms with E-state index in [4.69, 9.17) is 36.0 Å². The third kappa shape index (κ3) is 8.71. The van der Waals surface area contributed by atoms with Crippen LogP contribution in [-0.4, -0.2) is 86.0 Å². The van der Waals surface area contributed by atoms with Crippen LogP contribution in [0.25, 0.3) is 0 Å². The number of nitrogens with two attached hydrogens (primary N) is 1. The molecule has 1 heterocycles.